The number of hydrogen-bond donors (Lipinski definition) is 1. The fourth-order valence-electron chi connectivity index (χ4n) is 1.13. The Kier molecular flexibility index (Phi) is 3.88. The molecular weight excluding hydrogens is 206 g/mol. The third-order valence-corrected chi connectivity index (χ3v) is 1.87. The highest BCUT2D eigenvalue weighted by molar-refractivity contribution is 5.58. The first-order valence-electron chi connectivity index (χ1n) is 4.51. The lowest BCUT2D eigenvalue weighted by Gasteiger charge is -2.02. The Labute approximate surface area is 92.9 Å². The van der Waals surface area contributed by atoms with Crippen LogP contribution in [-0.2, 0) is 0 Å². The van der Waals surface area contributed by atoms with E-state index >= 15 is 0 Å². The number of hydrogen-bond acceptors (Lipinski definition) is 4. The molecule has 0 saturated heterocycles. The van der Waals surface area contributed by atoms with Crippen molar-refractivity contribution in [2.45, 2.75) is 6.92 Å². The largest absolute Gasteiger partial charge is 0.374 e. The Morgan fingerprint density at radius 2 is 2.31 bits per heavy atom. The van der Waals surface area contributed by atoms with E-state index in [9.17, 15) is 10.1 Å². The van der Waals surface area contributed by atoms with E-state index in [1.807, 2.05) is 0 Å². The zero-order valence-corrected chi connectivity index (χ0v) is 8.65. The van der Waals surface area contributed by atoms with Gasteiger partial charge in [-0.05, 0) is 19.1 Å². The Morgan fingerprint density at radius 3 is 2.88 bits per heavy atom. The van der Waals surface area contributed by atoms with E-state index in [0.29, 0.717) is 12.2 Å². The zero-order chi connectivity index (χ0) is 12.0. The van der Waals surface area contributed by atoms with Crippen molar-refractivity contribution in [2.24, 2.45) is 0 Å². The molecule has 0 spiro atoms. The molecule has 0 radical (unpaired) electrons. The molecule has 1 N–H and O–H groups in total. The first-order valence-corrected chi connectivity index (χ1v) is 4.51. The van der Waals surface area contributed by atoms with Crippen molar-refractivity contribution in [3.63, 3.8) is 0 Å². The van der Waals surface area contributed by atoms with Crippen molar-refractivity contribution in [3.8, 4) is 17.9 Å². The van der Waals surface area contributed by atoms with Crippen molar-refractivity contribution in [2.75, 3.05) is 11.9 Å². The summed E-state index contributed by atoms with van der Waals surface area (Å²) in [4.78, 5) is 9.99. The highest BCUT2D eigenvalue weighted by Gasteiger charge is 2.13. The molecule has 0 aliphatic heterocycles. The van der Waals surface area contributed by atoms with Crippen LogP contribution in [-0.4, -0.2) is 11.5 Å². The monoisotopic (exact) mass is 215 g/mol. The van der Waals surface area contributed by atoms with E-state index in [2.05, 4.69) is 17.2 Å². The Hall–Kier alpha value is -2.53. The van der Waals surface area contributed by atoms with E-state index < -0.39 is 4.92 Å². The topological polar surface area (TPSA) is 79.0 Å². The summed E-state index contributed by atoms with van der Waals surface area (Å²) >= 11 is 0. The number of nitro benzene ring substituents is 1. The molecule has 0 unspecified atom stereocenters. The summed E-state index contributed by atoms with van der Waals surface area (Å²) in [6.45, 7) is 2.16. The molecule has 0 amide bonds. The van der Waals surface area contributed by atoms with Crippen molar-refractivity contribution >= 4 is 11.4 Å². The number of nitrogens with one attached hydrogen (secondary N) is 1. The highest BCUT2D eigenvalue weighted by Crippen LogP contribution is 2.21. The van der Waals surface area contributed by atoms with Crippen molar-refractivity contribution in [1.82, 2.24) is 0 Å². The van der Waals surface area contributed by atoms with Crippen LogP contribution >= 0.6 is 0 Å². The first-order chi connectivity index (χ1) is 7.69. The molecule has 0 bridgehead atoms. The molecule has 1 aromatic carbocycles. The second-order valence-electron chi connectivity index (χ2n) is 2.88. The minimum absolute atomic E-state index is 0.0412. The van der Waals surface area contributed by atoms with Crippen LogP contribution in [0, 0.1) is 33.3 Å². The van der Waals surface area contributed by atoms with Gasteiger partial charge in [0.15, 0.2) is 0 Å². The van der Waals surface area contributed by atoms with Crippen LogP contribution in [0.15, 0.2) is 18.2 Å². The molecule has 0 fully saturated rings. The number of rotatable bonds is 3. The third kappa shape index (κ3) is 2.73. The zero-order valence-electron chi connectivity index (χ0n) is 8.65. The van der Waals surface area contributed by atoms with E-state index in [1.54, 1.807) is 19.1 Å². The second kappa shape index (κ2) is 5.38. The number of anilines is 1. The molecule has 0 aromatic heterocycles. The molecular formula is C11H9N3O2. The number of nitro groups is 1. The highest BCUT2D eigenvalue weighted by atomic mass is 16.6. The Morgan fingerprint density at radius 1 is 1.56 bits per heavy atom. The van der Waals surface area contributed by atoms with Crippen LogP contribution in [0.2, 0.25) is 0 Å². The first kappa shape index (κ1) is 11.5. The van der Waals surface area contributed by atoms with Crippen molar-refractivity contribution in [3.05, 3.63) is 33.9 Å². The van der Waals surface area contributed by atoms with Gasteiger partial charge < -0.3 is 5.32 Å². The van der Waals surface area contributed by atoms with Gasteiger partial charge in [0.05, 0.1) is 11.5 Å². The maximum atomic E-state index is 10.6. The smallest absolute Gasteiger partial charge is 0.287 e. The maximum absolute atomic E-state index is 10.6. The summed E-state index contributed by atoms with van der Waals surface area (Å²) in [7, 11) is 0. The lowest BCUT2D eigenvalue weighted by atomic mass is 10.2. The van der Waals surface area contributed by atoms with E-state index in [0.717, 1.165) is 0 Å². The molecule has 16 heavy (non-hydrogen) atoms. The van der Waals surface area contributed by atoms with Crippen LogP contribution in [0.1, 0.15) is 12.5 Å². The standard InChI is InChI=1S/C11H9N3O2/c1-2-3-6-13-10-4-5-11(14(15)16)9(7-10)8-12/h4-5,7,13H,6H2,1H3. The lowest BCUT2D eigenvalue weighted by molar-refractivity contribution is -0.385. The third-order valence-electron chi connectivity index (χ3n) is 1.87. The van der Waals surface area contributed by atoms with Crippen molar-refractivity contribution < 1.29 is 4.92 Å². The summed E-state index contributed by atoms with van der Waals surface area (Å²) in [5.74, 6) is 5.50. The molecule has 1 aromatic rings. The fourth-order valence-corrected chi connectivity index (χ4v) is 1.13. The minimum atomic E-state index is -0.575. The molecule has 1 rings (SSSR count). The molecule has 0 heterocycles. The van der Waals surface area contributed by atoms with Crippen LogP contribution in [0.4, 0.5) is 11.4 Å². The Bertz CT molecular complexity index is 506. The number of nitriles is 1. The Balaban J connectivity index is 2.95. The molecule has 80 valence electrons. The molecule has 0 atom stereocenters. The molecule has 5 heteroatoms. The number of benzene rings is 1. The van der Waals surface area contributed by atoms with Crippen LogP contribution in [0.25, 0.3) is 0 Å². The summed E-state index contributed by atoms with van der Waals surface area (Å²) in [6.07, 6.45) is 0. The molecule has 5 nitrogen and oxygen atoms in total. The van der Waals surface area contributed by atoms with E-state index in [4.69, 9.17) is 5.26 Å². The van der Waals surface area contributed by atoms with Crippen LogP contribution in [0.3, 0.4) is 0 Å². The van der Waals surface area contributed by atoms with Gasteiger partial charge in [0.25, 0.3) is 5.69 Å². The maximum Gasteiger partial charge on any atom is 0.287 e. The summed E-state index contributed by atoms with van der Waals surface area (Å²) < 4.78 is 0. The van der Waals surface area contributed by atoms with Crippen molar-refractivity contribution in [1.29, 1.82) is 5.26 Å². The van der Waals surface area contributed by atoms with Gasteiger partial charge in [0, 0.05) is 11.8 Å². The average Bonchev–Trinajstić information content (AvgIpc) is 2.29. The molecule has 0 saturated carbocycles. The minimum Gasteiger partial charge on any atom is -0.374 e. The quantitative estimate of drug-likeness (QED) is 0.474. The molecule has 0 aliphatic rings. The van der Waals surface area contributed by atoms with E-state index in [-0.39, 0.29) is 11.3 Å². The lowest BCUT2D eigenvalue weighted by Crippen LogP contribution is -2.00. The predicted octanol–water partition coefficient (Wildman–Crippen LogP) is 1.90. The van der Waals surface area contributed by atoms with Gasteiger partial charge in [-0.15, -0.1) is 5.92 Å². The van der Waals surface area contributed by atoms with Gasteiger partial charge in [0.1, 0.15) is 11.6 Å². The fraction of sp³-hybridized carbons (Fsp3) is 0.182. The van der Waals surface area contributed by atoms with Gasteiger partial charge in [-0.1, -0.05) is 5.92 Å². The van der Waals surface area contributed by atoms with Gasteiger partial charge in [0.2, 0.25) is 0 Å². The second-order valence-corrected chi connectivity index (χ2v) is 2.88. The number of nitrogens with zero attached hydrogens (tertiary/aromatic N) is 2. The van der Waals surface area contributed by atoms with Crippen LogP contribution < -0.4 is 5.32 Å². The summed E-state index contributed by atoms with van der Waals surface area (Å²) in [5.41, 5.74) is 0.499. The average molecular weight is 215 g/mol. The van der Waals surface area contributed by atoms with Crippen LogP contribution in [0.5, 0.6) is 0 Å². The SMILES string of the molecule is CC#CCNc1ccc([N+](=O)[O-])c(C#N)c1. The summed E-state index contributed by atoms with van der Waals surface area (Å²) in [6, 6.07) is 6.09. The molecule has 0 aliphatic carbocycles. The van der Waals surface area contributed by atoms with Gasteiger partial charge in [-0.25, -0.2) is 0 Å². The van der Waals surface area contributed by atoms with Gasteiger partial charge in [-0.2, -0.15) is 5.26 Å². The van der Waals surface area contributed by atoms with Gasteiger partial charge >= 0.3 is 0 Å². The van der Waals surface area contributed by atoms with E-state index in [1.165, 1.54) is 12.1 Å². The summed E-state index contributed by atoms with van der Waals surface area (Å²) in [5, 5.41) is 22.3. The normalized spacial score (nSPS) is 8.50. The van der Waals surface area contributed by atoms with Gasteiger partial charge in [-0.3, -0.25) is 10.1 Å². The predicted molar refractivity (Wildman–Crippen MR) is 59.8 cm³/mol.